The second-order valence-corrected chi connectivity index (χ2v) is 4.62. The van der Waals surface area contributed by atoms with Crippen LogP contribution in [0.15, 0.2) is 18.2 Å². The number of anilines is 1. The van der Waals surface area contributed by atoms with Crippen molar-refractivity contribution < 1.29 is 14.3 Å². The summed E-state index contributed by atoms with van der Waals surface area (Å²) in [5.41, 5.74) is 0.134. The van der Waals surface area contributed by atoms with E-state index in [2.05, 4.69) is 10.2 Å². The minimum atomic E-state index is -0.586. The summed E-state index contributed by atoms with van der Waals surface area (Å²) >= 11 is 0. The fraction of sp³-hybridized carbons (Fsp3) is 0.385. The van der Waals surface area contributed by atoms with Crippen LogP contribution in [0.2, 0.25) is 0 Å². The van der Waals surface area contributed by atoms with Gasteiger partial charge >= 0.3 is 6.09 Å². The van der Waals surface area contributed by atoms with Gasteiger partial charge in [-0.25, -0.2) is 9.64 Å². The number of carbonyl (C=O) groups is 1. The lowest BCUT2D eigenvalue weighted by atomic mass is 10.2. The van der Waals surface area contributed by atoms with E-state index in [0.29, 0.717) is 17.1 Å². The maximum atomic E-state index is 11.6. The van der Waals surface area contributed by atoms with Crippen molar-refractivity contribution in [3.63, 3.8) is 0 Å². The maximum absolute atomic E-state index is 11.6. The van der Waals surface area contributed by atoms with Crippen LogP contribution in [0.5, 0.6) is 5.75 Å². The molecule has 1 aromatic carbocycles. The molecule has 96 valence electrons. The Morgan fingerprint density at radius 3 is 2.56 bits per heavy atom. The Bertz CT molecular complexity index is 484. The average Bonchev–Trinajstić information content (AvgIpc) is 2.27. The number of rotatable bonds is 2. The van der Waals surface area contributed by atoms with Crippen LogP contribution >= 0.6 is 0 Å². The molecule has 0 aliphatic rings. The van der Waals surface area contributed by atoms with Crippen LogP contribution < -0.4 is 10.1 Å². The van der Waals surface area contributed by atoms with E-state index < -0.39 is 11.7 Å². The molecule has 1 rings (SSSR count). The first-order valence-corrected chi connectivity index (χ1v) is 5.41. The topological polar surface area (TPSA) is 51.9 Å². The van der Waals surface area contributed by atoms with Crippen molar-refractivity contribution in [3.05, 3.63) is 29.6 Å². The average molecular weight is 248 g/mol. The van der Waals surface area contributed by atoms with Crippen molar-refractivity contribution in [1.29, 1.82) is 0 Å². The lowest BCUT2D eigenvalue weighted by molar-refractivity contribution is 0.0636. The van der Waals surface area contributed by atoms with E-state index in [1.165, 1.54) is 7.11 Å². The highest BCUT2D eigenvalue weighted by Crippen LogP contribution is 2.29. The third-order valence-electron chi connectivity index (χ3n) is 1.96. The van der Waals surface area contributed by atoms with Crippen LogP contribution in [0.25, 0.3) is 4.85 Å². The normalized spacial score (nSPS) is 10.4. The van der Waals surface area contributed by atoms with Gasteiger partial charge in [-0.15, -0.1) is 0 Å². The molecule has 1 N–H and O–H groups in total. The molecule has 0 heterocycles. The first-order chi connectivity index (χ1) is 8.35. The molecule has 0 bridgehead atoms. The highest BCUT2D eigenvalue weighted by Gasteiger charge is 2.17. The Hall–Kier alpha value is -2.22. The fourth-order valence-corrected chi connectivity index (χ4v) is 1.25. The number of nitrogens with zero attached hydrogens (tertiary/aromatic N) is 1. The molecule has 0 aromatic heterocycles. The lowest BCUT2D eigenvalue weighted by Gasteiger charge is -2.20. The number of carbonyl (C=O) groups excluding carboxylic acids is 1. The quantitative estimate of drug-likeness (QED) is 0.814. The summed E-state index contributed by atoms with van der Waals surface area (Å²) in [7, 11) is 1.52. The van der Waals surface area contributed by atoms with E-state index in [1.807, 2.05) is 0 Å². The first kappa shape index (κ1) is 13.8. The van der Waals surface area contributed by atoms with Gasteiger partial charge in [-0.1, -0.05) is 0 Å². The van der Waals surface area contributed by atoms with E-state index in [9.17, 15) is 4.79 Å². The van der Waals surface area contributed by atoms with E-state index in [1.54, 1.807) is 39.0 Å². The Balaban J connectivity index is 2.85. The zero-order valence-electron chi connectivity index (χ0n) is 10.9. The largest absolute Gasteiger partial charge is 0.498 e. The number of nitrogens with one attached hydrogen (secondary N) is 1. The molecule has 18 heavy (non-hydrogen) atoms. The van der Waals surface area contributed by atoms with Crippen LogP contribution in [-0.4, -0.2) is 18.8 Å². The molecule has 0 spiro atoms. The Morgan fingerprint density at radius 1 is 1.39 bits per heavy atom. The minimum Gasteiger partial charge on any atom is -0.498 e. The molecule has 0 saturated heterocycles. The SMILES string of the molecule is [C-]#[N+]c1cc(OC)ccc1NC(=O)OC(C)(C)C. The predicted molar refractivity (Wildman–Crippen MR) is 69.1 cm³/mol. The molecular formula is C13H16N2O3. The van der Waals surface area contributed by atoms with Gasteiger partial charge in [-0.05, 0) is 39.0 Å². The monoisotopic (exact) mass is 248 g/mol. The van der Waals surface area contributed by atoms with Crippen molar-refractivity contribution in [3.8, 4) is 5.75 Å². The maximum Gasteiger partial charge on any atom is 0.411 e. The van der Waals surface area contributed by atoms with Crippen LogP contribution in [0.4, 0.5) is 16.2 Å². The highest BCUT2D eigenvalue weighted by atomic mass is 16.6. The van der Waals surface area contributed by atoms with E-state index in [0.717, 1.165) is 0 Å². The zero-order valence-corrected chi connectivity index (χ0v) is 10.9. The van der Waals surface area contributed by atoms with Crippen LogP contribution in [0.1, 0.15) is 20.8 Å². The second kappa shape index (κ2) is 5.41. The first-order valence-electron chi connectivity index (χ1n) is 5.41. The van der Waals surface area contributed by atoms with Crippen molar-refractivity contribution >= 4 is 17.5 Å². The predicted octanol–water partition coefficient (Wildman–Crippen LogP) is 3.59. The van der Waals surface area contributed by atoms with E-state index in [-0.39, 0.29) is 0 Å². The van der Waals surface area contributed by atoms with Crippen LogP contribution in [0.3, 0.4) is 0 Å². The number of benzene rings is 1. The lowest BCUT2D eigenvalue weighted by Crippen LogP contribution is -2.27. The third kappa shape index (κ3) is 3.98. The molecule has 0 aliphatic heterocycles. The van der Waals surface area contributed by atoms with Gasteiger partial charge in [0.2, 0.25) is 5.69 Å². The Labute approximate surface area is 107 Å². The molecule has 0 saturated carbocycles. The minimum absolute atomic E-state index is 0.306. The zero-order chi connectivity index (χ0) is 13.8. The van der Waals surface area contributed by atoms with Gasteiger partial charge < -0.3 is 14.8 Å². The van der Waals surface area contributed by atoms with Gasteiger partial charge in [-0.2, -0.15) is 0 Å². The summed E-state index contributed by atoms with van der Waals surface area (Å²) < 4.78 is 10.1. The summed E-state index contributed by atoms with van der Waals surface area (Å²) in [6.45, 7) is 12.4. The third-order valence-corrected chi connectivity index (χ3v) is 1.96. The Kier molecular flexibility index (Phi) is 4.16. The van der Waals surface area contributed by atoms with Gasteiger partial charge in [0.25, 0.3) is 0 Å². The molecule has 5 heteroatoms. The molecule has 1 amide bonds. The standard InChI is InChI=1S/C13H16N2O3/c1-13(2,3)18-12(16)15-10-7-6-9(17-5)8-11(10)14-4/h6-8H,1-3,5H3,(H,15,16). The molecule has 0 fully saturated rings. The molecular weight excluding hydrogens is 232 g/mol. The van der Waals surface area contributed by atoms with Gasteiger partial charge in [-0.3, -0.25) is 0 Å². The van der Waals surface area contributed by atoms with Gasteiger partial charge in [0.1, 0.15) is 11.4 Å². The summed E-state index contributed by atoms with van der Waals surface area (Å²) in [4.78, 5) is 14.9. The Morgan fingerprint density at radius 2 is 2.06 bits per heavy atom. The molecule has 0 radical (unpaired) electrons. The van der Waals surface area contributed by atoms with E-state index >= 15 is 0 Å². The summed E-state index contributed by atoms with van der Waals surface area (Å²) in [6.07, 6.45) is -0.586. The second-order valence-electron chi connectivity index (χ2n) is 4.62. The van der Waals surface area contributed by atoms with Crippen LogP contribution in [0, 0.1) is 6.57 Å². The molecule has 0 atom stereocenters. The smallest absolute Gasteiger partial charge is 0.411 e. The summed E-state index contributed by atoms with van der Waals surface area (Å²) in [5, 5.41) is 2.54. The number of hydrogen-bond acceptors (Lipinski definition) is 3. The van der Waals surface area contributed by atoms with Gasteiger partial charge in [0.05, 0.1) is 13.7 Å². The molecule has 1 aromatic rings. The molecule has 5 nitrogen and oxygen atoms in total. The van der Waals surface area contributed by atoms with Crippen molar-refractivity contribution in [2.45, 2.75) is 26.4 Å². The number of methoxy groups -OCH3 is 1. The van der Waals surface area contributed by atoms with Crippen LogP contribution in [-0.2, 0) is 4.74 Å². The van der Waals surface area contributed by atoms with Crippen molar-refractivity contribution in [2.24, 2.45) is 0 Å². The molecule has 0 unspecified atom stereocenters. The number of amides is 1. The van der Waals surface area contributed by atoms with Gasteiger partial charge in [0, 0.05) is 5.69 Å². The summed E-state index contributed by atoms with van der Waals surface area (Å²) in [6, 6.07) is 4.83. The van der Waals surface area contributed by atoms with E-state index in [4.69, 9.17) is 16.0 Å². The molecule has 0 aliphatic carbocycles. The fourth-order valence-electron chi connectivity index (χ4n) is 1.25. The number of hydrogen-bond donors (Lipinski definition) is 1. The summed E-state index contributed by atoms with van der Waals surface area (Å²) in [5.74, 6) is 0.565. The van der Waals surface area contributed by atoms with Crippen molar-refractivity contribution in [1.82, 2.24) is 0 Å². The number of ether oxygens (including phenoxy) is 2. The van der Waals surface area contributed by atoms with Gasteiger partial charge in [0.15, 0.2) is 0 Å². The van der Waals surface area contributed by atoms with Crippen molar-refractivity contribution in [2.75, 3.05) is 12.4 Å². The highest BCUT2D eigenvalue weighted by molar-refractivity contribution is 5.90.